The molecule has 2 aliphatic heterocycles. The number of hydrogen-bond donors (Lipinski definition) is 0. The van der Waals surface area contributed by atoms with E-state index in [1.807, 2.05) is 4.90 Å². The fraction of sp³-hybridized carbons (Fsp3) is 0.486. The highest BCUT2D eigenvalue weighted by Gasteiger charge is 2.37. The molecule has 13 heteroatoms. The van der Waals surface area contributed by atoms with Crippen molar-refractivity contribution in [1.82, 2.24) is 24.8 Å². The molecule has 0 bridgehead atoms. The van der Waals surface area contributed by atoms with Gasteiger partial charge in [-0.3, -0.25) is 14.8 Å². The van der Waals surface area contributed by atoms with E-state index in [1.54, 1.807) is 49.9 Å². The van der Waals surface area contributed by atoms with Crippen molar-refractivity contribution in [2.75, 3.05) is 44.2 Å². The number of carbonyl (C=O) groups is 1. The number of halogens is 3. The standard InChI is InChI=1S/C37H40ClF2N7O3/c1-37(2,3)50-36(48)47-17-16-45(20-25(47)18-41-4)34-27-19-42-32(26-12-5-8-22-13-14-28(39)30(38)29(22)26)31(40)33(27)43-35(44-34)49-21-24-11-7-15-46(24)23-9-6-10-23/h5,8,12-14,19,23-25H,6-7,9-11,15-18,20-21H2,1-3H3/t24-,25-/m0/s1. The van der Waals surface area contributed by atoms with Crippen LogP contribution in [0.25, 0.3) is 37.8 Å². The van der Waals surface area contributed by atoms with Crippen LogP contribution in [0.1, 0.15) is 52.9 Å². The highest BCUT2D eigenvalue weighted by atomic mass is 35.5. The lowest BCUT2D eigenvalue weighted by Crippen LogP contribution is -2.57. The molecule has 0 unspecified atom stereocenters. The molecule has 1 amide bonds. The predicted octanol–water partition coefficient (Wildman–Crippen LogP) is 7.52. The molecular formula is C37H40ClF2N7O3. The number of hydrogen-bond acceptors (Lipinski definition) is 8. The van der Waals surface area contributed by atoms with Gasteiger partial charge in [0.05, 0.1) is 10.4 Å². The van der Waals surface area contributed by atoms with Crippen LogP contribution < -0.4 is 9.64 Å². The quantitative estimate of drug-likeness (QED) is 0.183. The fourth-order valence-corrected chi connectivity index (χ4v) is 7.57. The topological polar surface area (TPSA) is 88.3 Å². The molecule has 1 saturated carbocycles. The van der Waals surface area contributed by atoms with E-state index in [0.29, 0.717) is 46.7 Å². The third-order valence-electron chi connectivity index (χ3n) is 9.92. The number of aromatic nitrogens is 3. The Morgan fingerprint density at radius 1 is 1.06 bits per heavy atom. The zero-order chi connectivity index (χ0) is 35.2. The number of pyridine rings is 1. The molecule has 262 valence electrons. The van der Waals surface area contributed by atoms with Crippen LogP contribution >= 0.6 is 11.6 Å². The normalized spacial score (nSPS) is 20.3. The number of piperazine rings is 1. The highest BCUT2D eigenvalue weighted by Crippen LogP contribution is 2.39. The maximum absolute atomic E-state index is 16.8. The second kappa shape index (κ2) is 13.8. The van der Waals surface area contributed by atoms with Crippen LogP contribution in [0, 0.1) is 18.2 Å². The van der Waals surface area contributed by atoms with Gasteiger partial charge in [0.15, 0.2) is 5.82 Å². The summed E-state index contributed by atoms with van der Waals surface area (Å²) < 4.78 is 43.4. The number of rotatable bonds is 7. The number of fused-ring (bicyclic) bond motifs is 2. The van der Waals surface area contributed by atoms with Crippen molar-refractivity contribution in [2.45, 2.75) is 76.6 Å². The Labute approximate surface area is 295 Å². The lowest BCUT2D eigenvalue weighted by Gasteiger charge is -2.40. The number of anilines is 1. The van der Waals surface area contributed by atoms with E-state index in [0.717, 1.165) is 19.4 Å². The van der Waals surface area contributed by atoms with E-state index in [-0.39, 0.29) is 47.9 Å². The monoisotopic (exact) mass is 703 g/mol. The summed E-state index contributed by atoms with van der Waals surface area (Å²) >= 11 is 6.42. The largest absolute Gasteiger partial charge is 0.462 e. The Kier molecular flexibility index (Phi) is 9.39. The summed E-state index contributed by atoms with van der Waals surface area (Å²) in [6, 6.07) is 8.38. The number of benzene rings is 2. The third-order valence-corrected chi connectivity index (χ3v) is 10.3. The van der Waals surface area contributed by atoms with Gasteiger partial charge in [-0.25, -0.2) is 20.1 Å². The van der Waals surface area contributed by atoms with Crippen molar-refractivity contribution >= 4 is 45.2 Å². The number of nitrogens with zero attached hydrogens (tertiary/aromatic N) is 7. The SMILES string of the molecule is [C-]#[N+]C[C@H]1CN(c2nc(OC[C@@H]3CCCN3C3CCC3)nc3c(F)c(-c4cccc5ccc(F)c(Cl)c45)ncc23)CCN1C(=O)OC(C)(C)C. The Bertz CT molecular complexity index is 1980. The third kappa shape index (κ3) is 6.61. The molecule has 0 radical (unpaired) electrons. The van der Waals surface area contributed by atoms with E-state index in [2.05, 4.69) is 19.7 Å². The summed E-state index contributed by atoms with van der Waals surface area (Å²) in [5, 5.41) is 1.22. The predicted molar refractivity (Wildman–Crippen MR) is 188 cm³/mol. The van der Waals surface area contributed by atoms with Gasteiger partial charge >= 0.3 is 12.1 Å². The molecule has 1 aliphatic carbocycles. The lowest BCUT2D eigenvalue weighted by atomic mass is 9.91. The summed E-state index contributed by atoms with van der Waals surface area (Å²) in [5.41, 5.74) is -0.392. The van der Waals surface area contributed by atoms with E-state index in [1.165, 1.54) is 31.5 Å². The van der Waals surface area contributed by atoms with Crippen LogP contribution in [-0.2, 0) is 4.74 Å². The first kappa shape index (κ1) is 34.1. The maximum Gasteiger partial charge on any atom is 0.410 e. The van der Waals surface area contributed by atoms with Crippen molar-refractivity contribution < 1.29 is 23.0 Å². The number of ether oxygens (including phenoxy) is 2. The van der Waals surface area contributed by atoms with Crippen LogP contribution in [0.5, 0.6) is 6.01 Å². The average Bonchev–Trinajstić information content (AvgIpc) is 3.51. The number of amides is 1. The molecule has 0 spiro atoms. The van der Waals surface area contributed by atoms with Crippen molar-refractivity contribution in [3.63, 3.8) is 0 Å². The van der Waals surface area contributed by atoms with E-state index in [4.69, 9.17) is 32.6 Å². The zero-order valence-electron chi connectivity index (χ0n) is 28.5. The number of carbonyl (C=O) groups excluding carboxylic acids is 1. The molecule has 4 heterocycles. The van der Waals surface area contributed by atoms with Gasteiger partial charge in [0.1, 0.15) is 41.1 Å². The summed E-state index contributed by atoms with van der Waals surface area (Å²) in [6.07, 6.45) is 6.75. The Morgan fingerprint density at radius 3 is 2.62 bits per heavy atom. The Balaban J connectivity index is 1.29. The summed E-state index contributed by atoms with van der Waals surface area (Å²) in [7, 11) is 0. The second-order valence-electron chi connectivity index (χ2n) is 14.3. The molecule has 3 fully saturated rings. The van der Waals surface area contributed by atoms with Gasteiger partial charge in [0.25, 0.3) is 0 Å². The number of likely N-dealkylation sites (tertiary alicyclic amines) is 1. The van der Waals surface area contributed by atoms with Crippen LogP contribution in [0.15, 0.2) is 36.5 Å². The molecule has 7 rings (SSSR count). The van der Waals surface area contributed by atoms with Crippen LogP contribution in [0.3, 0.4) is 0 Å². The second-order valence-corrected chi connectivity index (χ2v) is 14.7. The first-order chi connectivity index (χ1) is 24.0. The summed E-state index contributed by atoms with van der Waals surface area (Å²) in [6.45, 7) is 15.3. The highest BCUT2D eigenvalue weighted by molar-refractivity contribution is 6.36. The van der Waals surface area contributed by atoms with Gasteiger partial charge in [-0.2, -0.15) is 9.97 Å². The minimum atomic E-state index is -0.717. The molecule has 10 nitrogen and oxygen atoms in total. The molecule has 3 aliphatic rings. The minimum Gasteiger partial charge on any atom is -0.462 e. The van der Waals surface area contributed by atoms with Gasteiger partial charge < -0.3 is 19.2 Å². The first-order valence-electron chi connectivity index (χ1n) is 17.2. The molecule has 2 saturated heterocycles. The van der Waals surface area contributed by atoms with Gasteiger partial charge in [0.2, 0.25) is 6.54 Å². The van der Waals surface area contributed by atoms with Crippen molar-refractivity contribution in [3.8, 4) is 17.3 Å². The van der Waals surface area contributed by atoms with Gasteiger partial charge in [-0.1, -0.05) is 42.3 Å². The molecule has 50 heavy (non-hydrogen) atoms. The van der Waals surface area contributed by atoms with Gasteiger partial charge in [0, 0.05) is 48.9 Å². The summed E-state index contributed by atoms with van der Waals surface area (Å²) in [5.74, 6) is -0.938. The van der Waals surface area contributed by atoms with Gasteiger partial charge in [-0.15, -0.1) is 0 Å². The molecule has 2 aromatic heterocycles. The van der Waals surface area contributed by atoms with Crippen LogP contribution in [0.2, 0.25) is 5.02 Å². The Hall–Kier alpha value is -4.34. The van der Waals surface area contributed by atoms with Crippen molar-refractivity contribution in [3.05, 3.63) is 64.6 Å². The summed E-state index contributed by atoms with van der Waals surface area (Å²) in [4.78, 5) is 36.7. The maximum atomic E-state index is 16.8. The molecule has 0 N–H and O–H groups in total. The van der Waals surface area contributed by atoms with E-state index < -0.39 is 29.4 Å². The van der Waals surface area contributed by atoms with E-state index >= 15 is 4.39 Å². The van der Waals surface area contributed by atoms with Crippen LogP contribution in [-0.4, -0.2) is 93.9 Å². The van der Waals surface area contributed by atoms with Gasteiger partial charge in [-0.05, 0) is 64.5 Å². The van der Waals surface area contributed by atoms with Crippen LogP contribution in [0.4, 0.5) is 19.4 Å². The lowest BCUT2D eigenvalue weighted by molar-refractivity contribution is 0.0155. The fourth-order valence-electron chi connectivity index (χ4n) is 7.30. The van der Waals surface area contributed by atoms with Crippen molar-refractivity contribution in [1.29, 1.82) is 0 Å². The smallest absolute Gasteiger partial charge is 0.410 e. The molecule has 2 atom stereocenters. The zero-order valence-corrected chi connectivity index (χ0v) is 29.2. The van der Waals surface area contributed by atoms with E-state index in [9.17, 15) is 9.18 Å². The minimum absolute atomic E-state index is 0.00176. The molecule has 4 aromatic rings. The van der Waals surface area contributed by atoms with Crippen molar-refractivity contribution in [2.24, 2.45) is 0 Å². The first-order valence-corrected chi connectivity index (χ1v) is 17.6. The Morgan fingerprint density at radius 2 is 1.88 bits per heavy atom. The molecule has 2 aromatic carbocycles. The average molecular weight is 704 g/mol. The molecular weight excluding hydrogens is 664 g/mol.